The second kappa shape index (κ2) is 4.39. The van der Waals surface area contributed by atoms with Crippen LogP contribution in [0.1, 0.15) is 31.1 Å². The largest absolute Gasteiger partial charge is 0.384 e. The van der Waals surface area contributed by atoms with Crippen LogP contribution >= 0.6 is 12.6 Å². The van der Waals surface area contributed by atoms with Crippen LogP contribution in [0.4, 0.5) is 0 Å². The van der Waals surface area contributed by atoms with Gasteiger partial charge in [-0.3, -0.25) is 0 Å². The summed E-state index contributed by atoms with van der Waals surface area (Å²) in [6.45, 7) is 7.19. The Morgan fingerprint density at radius 2 is 1.87 bits per heavy atom. The summed E-state index contributed by atoms with van der Waals surface area (Å²) >= 11 is 3.92. The molecule has 2 unspecified atom stereocenters. The molecular weight excluding hydrogens is 208 g/mol. The van der Waals surface area contributed by atoms with Gasteiger partial charge in [0.2, 0.25) is 0 Å². The van der Waals surface area contributed by atoms with Crippen molar-refractivity contribution in [3.63, 3.8) is 0 Å². The van der Waals surface area contributed by atoms with Gasteiger partial charge in [-0.05, 0) is 25.0 Å². The van der Waals surface area contributed by atoms with Gasteiger partial charge in [0.05, 0.1) is 0 Å². The highest BCUT2D eigenvalue weighted by molar-refractivity contribution is 7.81. The fourth-order valence-electron chi connectivity index (χ4n) is 1.27. The lowest BCUT2D eigenvalue weighted by Gasteiger charge is -2.23. The third-order valence-electron chi connectivity index (χ3n) is 2.24. The fraction of sp³-hybridized carbons (Fsp3) is 0.333. The minimum atomic E-state index is -1.43. The lowest BCUT2D eigenvalue weighted by Crippen LogP contribution is -2.25. The fourth-order valence-corrected chi connectivity index (χ4v) is 1.41. The Morgan fingerprint density at radius 3 is 2.20 bits per heavy atom. The van der Waals surface area contributed by atoms with Gasteiger partial charge in [-0.25, -0.2) is 0 Å². The Morgan fingerprint density at radius 1 is 1.40 bits per heavy atom. The number of benzene rings is 1. The van der Waals surface area contributed by atoms with Crippen molar-refractivity contribution < 1.29 is 10.2 Å². The average Bonchev–Trinajstić information content (AvgIpc) is 2.15. The zero-order valence-corrected chi connectivity index (χ0v) is 9.83. The number of aliphatic hydroxyl groups is 2. The van der Waals surface area contributed by atoms with Crippen LogP contribution in [0.15, 0.2) is 30.8 Å². The molecule has 2 atom stereocenters. The van der Waals surface area contributed by atoms with Gasteiger partial charge in [0, 0.05) is 0 Å². The lowest BCUT2D eigenvalue weighted by molar-refractivity contribution is 0.00612. The van der Waals surface area contributed by atoms with Crippen LogP contribution in [0.5, 0.6) is 0 Å². The summed E-state index contributed by atoms with van der Waals surface area (Å²) in [7, 11) is 0. The van der Waals surface area contributed by atoms with E-state index in [4.69, 9.17) is 0 Å². The van der Waals surface area contributed by atoms with Crippen LogP contribution in [0.25, 0.3) is 5.57 Å². The van der Waals surface area contributed by atoms with E-state index in [0.717, 1.165) is 11.1 Å². The standard InChI is InChI=1S/C12H16O2S/c1-8(2)9-4-6-10(7-5-9)11(13)12(3,14)15/h4-7,11,13-15H,1H2,2-3H3. The van der Waals surface area contributed by atoms with E-state index in [1.165, 1.54) is 6.92 Å². The Kier molecular flexibility index (Phi) is 3.60. The van der Waals surface area contributed by atoms with Gasteiger partial charge < -0.3 is 10.2 Å². The zero-order chi connectivity index (χ0) is 11.6. The first-order valence-corrected chi connectivity index (χ1v) is 5.15. The molecule has 0 saturated heterocycles. The molecule has 2 N–H and O–H groups in total. The van der Waals surface area contributed by atoms with E-state index in [9.17, 15) is 10.2 Å². The summed E-state index contributed by atoms with van der Waals surface area (Å²) in [4.78, 5) is -1.43. The van der Waals surface area contributed by atoms with E-state index < -0.39 is 11.0 Å². The third-order valence-corrected chi connectivity index (χ3v) is 2.48. The average molecular weight is 224 g/mol. The second-order valence-electron chi connectivity index (χ2n) is 3.90. The monoisotopic (exact) mass is 224 g/mol. The van der Waals surface area contributed by atoms with Gasteiger partial charge in [-0.2, -0.15) is 0 Å². The Balaban J connectivity index is 2.94. The number of rotatable bonds is 3. The molecule has 0 spiro atoms. The molecule has 3 heteroatoms. The van der Waals surface area contributed by atoms with Crippen molar-refractivity contribution >= 4 is 18.2 Å². The maximum Gasteiger partial charge on any atom is 0.134 e. The van der Waals surface area contributed by atoms with Crippen LogP contribution < -0.4 is 0 Å². The van der Waals surface area contributed by atoms with Crippen molar-refractivity contribution in [3.8, 4) is 0 Å². The number of hydrogen-bond acceptors (Lipinski definition) is 3. The van der Waals surface area contributed by atoms with E-state index >= 15 is 0 Å². The minimum Gasteiger partial charge on any atom is -0.384 e. The van der Waals surface area contributed by atoms with E-state index in [2.05, 4.69) is 19.2 Å². The van der Waals surface area contributed by atoms with Crippen molar-refractivity contribution in [1.29, 1.82) is 0 Å². The summed E-state index contributed by atoms with van der Waals surface area (Å²) in [5.74, 6) is 0. The quantitative estimate of drug-likeness (QED) is 0.545. The van der Waals surface area contributed by atoms with Crippen molar-refractivity contribution in [2.24, 2.45) is 0 Å². The molecule has 15 heavy (non-hydrogen) atoms. The molecule has 1 rings (SSSR count). The lowest BCUT2D eigenvalue weighted by atomic mass is 10.0. The first-order chi connectivity index (χ1) is 6.82. The van der Waals surface area contributed by atoms with E-state index in [0.29, 0.717) is 5.56 Å². The highest BCUT2D eigenvalue weighted by Gasteiger charge is 2.26. The predicted octanol–water partition coefficient (Wildman–Crippen LogP) is 2.39. The molecule has 1 aromatic carbocycles. The van der Waals surface area contributed by atoms with Crippen molar-refractivity contribution in [2.45, 2.75) is 24.9 Å². The Hall–Kier alpha value is -0.770. The summed E-state index contributed by atoms with van der Waals surface area (Å²) in [6.07, 6.45) is -1.000. The molecule has 1 aromatic rings. The molecule has 0 fully saturated rings. The number of allylic oxidation sites excluding steroid dienone is 1. The van der Waals surface area contributed by atoms with Gasteiger partial charge in [0.1, 0.15) is 11.0 Å². The van der Waals surface area contributed by atoms with Crippen molar-refractivity contribution in [1.82, 2.24) is 0 Å². The first kappa shape index (κ1) is 12.3. The summed E-state index contributed by atoms with van der Waals surface area (Å²) in [6, 6.07) is 7.25. The molecule has 0 radical (unpaired) electrons. The SMILES string of the molecule is C=C(C)c1ccc(C(O)C(C)(O)S)cc1. The summed E-state index contributed by atoms with van der Waals surface area (Å²) < 4.78 is 0. The maximum absolute atomic E-state index is 9.74. The number of thiol groups is 1. The molecule has 2 nitrogen and oxygen atoms in total. The molecule has 0 bridgehead atoms. The van der Waals surface area contributed by atoms with Crippen LogP contribution in [-0.2, 0) is 0 Å². The van der Waals surface area contributed by atoms with Crippen LogP contribution in [0.3, 0.4) is 0 Å². The topological polar surface area (TPSA) is 40.5 Å². The van der Waals surface area contributed by atoms with Crippen LogP contribution in [0, 0.1) is 0 Å². The maximum atomic E-state index is 9.74. The highest BCUT2D eigenvalue weighted by Crippen LogP contribution is 2.29. The Bertz CT molecular complexity index is 349. The molecule has 0 aromatic heterocycles. The zero-order valence-electron chi connectivity index (χ0n) is 8.94. The van der Waals surface area contributed by atoms with E-state index in [-0.39, 0.29) is 0 Å². The normalized spacial score (nSPS) is 16.9. The number of hydrogen-bond donors (Lipinski definition) is 3. The van der Waals surface area contributed by atoms with E-state index in [1.54, 1.807) is 12.1 Å². The van der Waals surface area contributed by atoms with Crippen LogP contribution in [-0.4, -0.2) is 15.1 Å². The summed E-state index contributed by atoms with van der Waals surface area (Å²) in [5, 5.41) is 19.3. The van der Waals surface area contributed by atoms with Gasteiger partial charge in [-0.1, -0.05) is 36.4 Å². The highest BCUT2D eigenvalue weighted by atomic mass is 32.1. The van der Waals surface area contributed by atoms with E-state index in [1.807, 2.05) is 19.1 Å². The van der Waals surface area contributed by atoms with Crippen molar-refractivity contribution in [3.05, 3.63) is 42.0 Å². The van der Waals surface area contributed by atoms with Gasteiger partial charge in [0.15, 0.2) is 0 Å². The molecule has 0 aliphatic rings. The third kappa shape index (κ3) is 3.09. The second-order valence-corrected chi connectivity index (χ2v) is 4.80. The molecule has 0 aliphatic heterocycles. The summed E-state index contributed by atoms with van der Waals surface area (Å²) in [5.41, 5.74) is 2.62. The van der Waals surface area contributed by atoms with Gasteiger partial charge in [0.25, 0.3) is 0 Å². The predicted molar refractivity (Wildman–Crippen MR) is 65.7 cm³/mol. The smallest absolute Gasteiger partial charge is 0.134 e. The molecule has 82 valence electrons. The van der Waals surface area contributed by atoms with Gasteiger partial charge >= 0.3 is 0 Å². The number of aliphatic hydroxyl groups excluding tert-OH is 1. The Labute approximate surface area is 95.7 Å². The first-order valence-electron chi connectivity index (χ1n) is 4.71. The minimum absolute atomic E-state index is 0.639. The molecule has 0 heterocycles. The molecule has 0 aliphatic carbocycles. The van der Waals surface area contributed by atoms with Gasteiger partial charge in [-0.15, -0.1) is 12.6 Å². The van der Waals surface area contributed by atoms with Crippen molar-refractivity contribution in [2.75, 3.05) is 0 Å². The molecular formula is C12H16O2S. The molecule has 0 amide bonds. The van der Waals surface area contributed by atoms with Crippen LogP contribution in [0.2, 0.25) is 0 Å². The molecule has 0 saturated carbocycles.